The highest BCUT2D eigenvalue weighted by atomic mass is 19.1. The lowest BCUT2D eigenvalue weighted by Crippen LogP contribution is -2.20. The van der Waals surface area contributed by atoms with E-state index in [0.717, 1.165) is 12.3 Å². The van der Waals surface area contributed by atoms with Crippen LogP contribution in [0.2, 0.25) is 0 Å². The molecular weight excluding hydrogens is 295 g/mol. The quantitative estimate of drug-likeness (QED) is 0.615. The van der Waals surface area contributed by atoms with Crippen molar-refractivity contribution in [3.8, 4) is 0 Å². The van der Waals surface area contributed by atoms with Gasteiger partial charge in [0.2, 0.25) is 0 Å². The molecule has 0 N–H and O–H groups in total. The summed E-state index contributed by atoms with van der Waals surface area (Å²) in [5, 5.41) is 0. The summed E-state index contributed by atoms with van der Waals surface area (Å²) in [5.41, 5.74) is 7.66. The van der Waals surface area contributed by atoms with Gasteiger partial charge in [0.25, 0.3) is 0 Å². The van der Waals surface area contributed by atoms with Gasteiger partial charge in [-0.05, 0) is 97.2 Å². The molecular formula is C23H25F. The molecule has 0 aromatic heterocycles. The fourth-order valence-electron chi connectivity index (χ4n) is 4.65. The van der Waals surface area contributed by atoms with Crippen molar-refractivity contribution in [2.24, 2.45) is 5.92 Å². The van der Waals surface area contributed by atoms with E-state index in [9.17, 15) is 4.39 Å². The van der Waals surface area contributed by atoms with E-state index in [2.05, 4.69) is 31.2 Å². The number of benzene rings is 2. The zero-order valence-electron chi connectivity index (χ0n) is 14.4. The Morgan fingerprint density at radius 3 is 2.25 bits per heavy atom. The van der Waals surface area contributed by atoms with Crippen molar-refractivity contribution >= 4 is 0 Å². The summed E-state index contributed by atoms with van der Waals surface area (Å²) < 4.78 is 13.2. The van der Waals surface area contributed by atoms with E-state index in [4.69, 9.17) is 0 Å². The normalized spacial score (nSPS) is 23.1. The van der Waals surface area contributed by atoms with Crippen LogP contribution in [-0.2, 0) is 25.7 Å². The maximum atomic E-state index is 13.2. The fourth-order valence-corrected chi connectivity index (χ4v) is 4.65. The van der Waals surface area contributed by atoms with Gasteiger partial charge in [-0.25, -0.2) is 4.39 Å². The van der Waals surface area contributed by atoms with Crippen molar-refractivity contribution in [3.63, 3.8) is 0 Å². The Hall–Kier alpha value is -1.89. The highest BCUT2D eigenvalue weighted by molar-refractivity contribution is 5.45. The van der Waals surface area contributed by atoms with Crippen LogP contribution in [0.4, 0.5) is 4.39 Å². The van der Waals surface area contributed by atoms with Crippen molar-refractivity contribution < 1.29 is 4.39 Å². The molecule has 0 saturated carbocycles. The summed E-state index contributed by atoms with van der Waals surface area (Å²) in [4.78, 5) is 0. The molecule has 1 heteroatoms. The molecule has 2 atom stereocenters. The molecule has 0 radical (unpaired) electrons. The molecule has 0 spiro atoms. The van der Waals surface area contributed by atoms with Crippen molar-refractivity contribution in [1.82, 2.24) is 0 Å². The van der Waals surface area contributed by atoms with Crippen molar-refractivity contribution in [2.75, 3.05) is 0 Å². The van der Waals surface area contributed by atoms with Crippen LogP contribution in [0.1, 0.15) is 53.5 Å². The molecule has 4 rings (SSSR count). The maximum Gasteiger partial charge on any atom is 0.123 e. The molecule has 2 aliphatic rings. The molecule has 124 valence electrons. The molecule has 2 aliphatic carbocycles. The summed E-state index contributed by atoms with van der Waals surface area (Å²) in [7, 11) is 0. The predicted octanol–water partition coefficient (Wildman–Crippen LogP) is 5.78. The molecule has 0 fully saturated rings. The van der Waals surface area contributed by atoms with Crippen LogP contribution < -0.4 is 0 Å². The SMILES string of the molecule is CC=C[C@H]1CCc2c(ccc3c2CC[C@H](c2ccc(F)cc2)C3)C1. The van der Waals surface area contributed by atoms with Crippen molar-refractivity contribution in [3.05, 3.63) is 82.2 Å². The average molecular weight is 320 g/mol. The second-order valence-electron chi connectivity index (χ2n) is 7.36. The zero-order valence-corrected chi connectivity index (χ0v) is 14.4. The molecule has 24 heavy (non-hydrogen) atoms. The van der Waals surface area contributed by atoms with Crippen LogP contribution in [0.15, 0.2) is 48.6 Å². The van der Waals surface area contributed by atoms with E-state index in [-0.39, 0.29) is 5.82 Å². The van der Waals surface area contributed by atoms with E-state index in [0.29, 0.717) is 5.92 Å². The Bertz CT molecular complexity index is 754. The number of allylic oxidation sites excluding steroid dienone is 2. The smallest absolute Gasteiger partial charge is 0.123 e. The standard InChI is InChI=1S/C23H25F/c1-2-3-16-4-12-22-19(14-16)5-6-20-15-18(9-13-23(20)22)17-7-10-21(24)11-8-17/h2-3,5-8,10-11,16,18H,4,9,12-15H2,1H3/t16-,18-/m0/s1. The molecule has 2 aromatic rings. The van der Waals surface area contributed by atoms with Gasteiger partial charge in [0.05, 0.1) is 0 Å². The van der Waals surface area contributed by atoms with Crippen LogP contribution in [-0.4, -0.2) is 0 Å². The summed E-state index contributed by atoms with van der Waals surface area (Å²) in [5.74, 6) is 1.12. The Labute approximate surface area is 144 Å². The second kappa shape index (κ2) is 6.55. The Kier molecular flexibility index (Phi) is 4.26. The number of hydrogen-bond acceptors (Lipinski definition) is 0. The Balaban J connectivity index is 1.59. The Morgan fingerprint density at radius 1 is 0.875 bits per heavy atom. The van der Waals surface area contributed by atoms with E-state index < -0.39 is 0 Å². The highest BCUT2D eigenvalue weighted by Crippen LogP contribution is 2.38. The van der Waals surface area contributed by atoms with Gasteiger partial charge in [-0.3, -0.25) is 0 Å². The van der Waals surface area contributed by atoms with E-state index >= 15 is 0 Å². The first-order chi connectivity index (χ1) is 11.7. The van der Waals surface area contributed by atoms with Crippen molar-refractivity contribution in [1.29, 1.82) is 0 Å². The first kappa shape index (κ1) is 15.6. The fraction of sp³-hybridized carbons (Fsp3) is 0.391. The average Bonchev–Trinajstić information content (AvgIpc) is 2.62. The lowest BCUT2D eigenvalue weighted by Gasteiger charge is -2.31. The monoisotopic (exact) mass is 320 g/mol. The minimum atomic E-state index is -0.139. The molecule has 0 nitrogen and oxygen atoms in total. The minimum absolute atomic E-state index is 0.139. The highest BCUT2D eigenvalue weighted by Gasteiger charge is 2.26. The van der Waals surface area contributed by atoms with Gasteiger partial charge in [0, 0.05) is 0 Å². The van der Waals surface area contributed by atoms with Crippen LogP contribution >= 0.6 is 0 Å². The van der Waals surface area contributed by atoms with Gasteiger partial charge in [-0.2, -0.15) is 0 Å². The first-order valence-electron chi connectivity index (χ1n) is 9.25. The summed E-state index contributed by atoms with van der Waals surface area (Å²) in [6.07, 6.45) is 11.8. The number of halogens is 1. The third-order valence-corrected chi connectivity index (χ3v) is 5.89. The molecule has 0 heterocycles. The molecule has 0 saturated heterocycles. The van der Waals surface area contributed by atoms with E-state index in [1.165, 1.54) is 43.2 Å². The second-order valence-corrected chi connectivity index (χ2v) is 7.36. The maximum absolute atomic E-state index is 13.2. The lowest BCUT2D eigenvalue weighted by molar-refractivity contribution is 0.533. The zero-order chi connectivity index (χ0) is 16.5. The van der Waals surface area contributed by atoms with Gasteiger partial charge in [0.15, 0.2) is 0 Å². The Morgan fingerprint density at radius 2 is 1.54 bits per heavy atom. The number of fused-ring (bicyclic) bond motifs is 3. The molecule has 0 amide bonds. The van der Waals surface area contributed by atoms with Crippen LogP contribution in [0.3, 0.4) is 0 Å². The van der Waals surface area contributed by atoms with Gasteiger partial charge in [-0.15, -0.1) is 0 Å². The van der Waals surface area contributed by atoms with Gasteiger partial charge in [-0.1, -0.05) is 36.4 Å². The van der Waals surface area contributed by atoms with Crippen LogP contribution in [0.5, 0.6) is 0 Å². The van der Waals surface area contributed by atoms with E-state index in [1.54, 1.807) is 28.8 Å². The molecule has 2 aromatic carbocycles. The van der Waals surface area contributed by atoms with Crippen LogP contribution in [0, 0.1) is 11.7 Å². The third kappa shape index (κ3) is 2.92. The van der Waals surface area contributed by atoms with E-state index in [1.807, 2.05) is 12.1 Å². The predicted molar refractivity (Wildman–Crippen MR) is 97.9 cm³/mol. The molecule has 0 bridgehead atoms. The van der Waals surface area contributed by atoms with Crippen LogP contribution in [0.25, 0.3) is 0 Å². The number of hydrogen-bond donors (Lipinski definition) is 0. The first-order valence-corrected chi connectivity index (χ1v) is 9.25. The largest absolute Gasteiger partial charge is 0.207 e. The molecule has 0 aliphatic heterocycles. The lowest BCUT2D eigenvalue weighted by atomic mass is 9.74. The summed E-state index contributed by atoms with van der Waals surface area (Å²) in [6.45, 7) is 2.12. The molecule has 0 unspecified atom stereocenters. The van der Waals surface area contributed by atoms with Gasteiger partial charge >= 0.3 is 0 Å². The van der Waals surface area contributed by atoms with Gasteiger partial charge in [0.1, 0.15) is 5.82 Å². The third-order valence-electron chi connectivity index (χ3n) is 5.89. The van der Waals surface area contributed by atoms with Crippen molar-refractivity contribution in [2.45, 2.75) is 51.4 Å². The van der Waals surface area contributed by atoms with Gasteiger partial charge < -0.3 is 0 Å². The topological polar surface area (TPSA) is 0 Å². The number of rotatable bonds is 2. The summed E-state index contributed by atoms with van der Waals surface area (Å²) in [6, 6.07) is 11.9. The summed E-state index contributed by atoms with van der Waals surface area (Å²) >= 11 is 0. The minimum Gasteiger partial charge on any atom is -0.207 e.